The molecular formula is C11H14O2S. The van der Waals surface area contributed by atoms with E-state index in [0.717, 1.165) is 31.4 Å². The highest BCUT2D eigenvalue weighted by Crippen LogP contribution is 2.20. The Balaban J connectivity index is 2.07. The summed E-state index contributed by atoms with van der Waals surface area (Å²) in [5, 5.41) is 1.93. The van der Waals surface area contributed by atoms with Crippen LogP contribution in [-0.4, -0.2) is 18.5 Å². The van der Waals surface area contributed by atoms with Crippen LogP contribution in [0.15, 0.2) is 11.4 Å². The van der Waals surface area contributed by atoms with Gasteiger partial charge in [-0.2, -0.15) is 0 Å². The van der Waals surface area contributed by atoms with Crippen LogP contribution in [0.2, 0.25) is 0 Å². The van der Waals surface area contributed by atoms with Gasteiger partial charge < -0.3 is 4.74 Å². The van der Waals surface area contributed by atoms with Crippen LogP contribution in [0.4, 0.5) is 0 Å². The highest BCUT2D eigenvalue weighted by atomic mass is 32.1. The molecule has 0 aromatic carbocycles. The molecule has 1 aromatic heterocycles. The monoisotopic (exact) mass is 210 g/mol. The first-order chi connectivity index (χ1) is 6.77. The van der Waals surface area contributed by atoms with Gasteiger partial charge in [-0.25, -0.2) is 0 Å². The zero-order chi connectivity index (χ0) is 9.97. The molecule has 1 aliphatic heterocycles. The number of hydrogen-bond acceptors (Lipinski definition) is 3. The molecule has 1 aromatic rings. The lowest BCUT2D eigenvalue weighted by atomic mass is 10.0. The van der Waals surface area contributed by atoms with Gasteiger partial charge >= 0.3 is 0 Å². The lowest BCUT2D eigenvalue weighted by Crippen LogP contribution is -2.27. The molecule has 1 unspecified atom stereocenters. The average Bonchev–Trinajstić information content (AvgIpc) is 2.65. The van der Waals surface area contributed by atoms with Gasteiger partial charge in [0.15, 0.2) is 5.78 Å². The summed E-state index contributed by atoms with van der Waals surface area (Å²) in [5.41, 5.74) is 0.819. The summed E-state index contributed by atoms with van der Waals surface area (Å²) in [7, 11) is 0. The maximum Gasteiger partial charge on any atom is 0.192 e. The highest BCUT2D eigenvalue weighted by molar-refractivity contribution is 7.10. The molecule has 0 spiro atoms. The molecule has 1 atom stereocenters. The van der Waals surface area contributed by atoms with Crippen molar-refractivity contribution in [1.82, 2.24) is 0 Å². The maximum absolute atomic E-state index is 11.9. The molecule has 2 rings (SSSR count). The molecule has 0 bridgehead atoms. The zero-order valence-electron chi connectivity index (χ0n) is 8.29. The SMILES string of the molecule is Cc1cc(C(=O)C2CCCCO2)cs1. The number of ether oxygens (including phenoxy) is 1. The van der Waals surface area contributed by atoms with Crippen molar-refractivity contribution < 1.29 is 9.53 Å². The highest BCUT2D eigenvalue weighted by Gasteiger charge is 2.23. The molecule has 2 nitrogen and oxygen atoms in total. The molecule has 0 aliphatic carbocycles. The molecular weight excluding hydrogens is 196 g/mol. The lowest BCUT2D eigenvalue weighted by molar-refractivity contribution is 0.0187. The number of Topliss-reactive ketones (excluding diaryl/α,β-unsaturated/α-hetero) is 1. The third-order valence-electron chi connectivity index (χ3n) is 2.49. The van der Waals surface area contributed by atoms with Crippen molar-refractivity contribution in [3.63, 3.8) is 0 Å². The predicted octanol–water partition coefficient (Wildman–Crippen LogP) is 2.81. The number of hydrogen-bond donors (Lipinski definition) is 0. The first-order valence-electron chi connectivity index (χ1n) is 4.98. The number of aryl methyl sites for hydroxylation is 1. The van der Waals surface area contributed by atoms with Crippen molar-refractivity contribution in [2.75, 3.05) is 6.61 Å². The average molecular weight is 210 g/mol. The Hall–Kier alpha value is -0.670. The van der Waals surface area contributed by atoms with Gasteiger partial charge in [0.2, 0.25) is 0 Å². The standard InChI is InChI=1S/C11H14O2S/c1-8-6-9(7-14-8)11(12)10-4-2-3-5-13-10/h6-7,10H,2-5H2,1H3. The Morgan fingerprint density at radius 2 is 2.43 bits per heavy atom. The van der Waals surface area contributed by atoms with Gasteiger partial charge in [0.1, 0.15) is 6.10 Å². The normalized spacial score (nSPS) is 22.2. The lowest BCUT2D eigenvalue weighted by Gasteiger charge is -2.20. The molecule has 1 saturated heterocycles. The summed E-state index contributed by atoms with van der Waals surface area (Å²) >= 11 is 1.62. The largest absolute Gasteiger partial charge is 0.370 e. The van der Waals surface area contributed by atoms with Crippen molar-refractivity contribution in [1.29, 1.82) is 0 Å². The third-order valence-corrected chi connectivity index (χ3v) is 3.35. The minimum Gasteiger partial charge on any atom is -0.370 e. The zero-order valence-corrected chi connectivity index (χ0v) is 9.10. The number of rotatable bonds is 2. The van der Waals surface area contributed by atoms with Crippen molar-refractivity contribution in [2.24, 2.45) is 0 Å². The second kappa shape index (κ2) is 4.24. The van der Waals surface area contributed by atoms with Gasteiger partial charge in [-0.3, -0.25) is 4.79 Å². The fourth-order valence-corrected chi connectivity index (χ4v) is 2.40. The summed E-state index contributed by atoms with van der Waals surface area (Å²) in [6.45, 7) is 2.75. The summed E-state index contributed by atoms with van der Waals surface area (Å²) in [4.78, 5) is 13.1. The molecule has 3 heteroatoms. The smallest absolute Gasteiger partial charge is 0.192 e. The van der Waals surface area contributed by atoms with Crippen molar-refractivity contribution >= 4 is 17.1 Å². The Bertz CT molecular complexity index is 324. The van der Waals surface area contributed by atoms with E-state index < -0.39 is 0 Å². The molecule has 0 saturated carbocycles. The number of thiophene rings is 1. The third kappa shape index (κ3) is 2.04. The fraction of sp³-hybridized carbons (Fsp3) is 0.545. The van der Waals surface area contributed by atoms with Crippen LogP contribution in [0.5, 0.6) is 0 Å². The molecule has 0 N–H and O–H groups in total. The van der Waals surface area contributed by atoms with Crippen LogP contribution in [-0.2, 0) is 4.74 Å². The van der Waals surface area contributed by atoms with E-state index in [2.05, 4.69) is 0 Å². The van der Waals surface area contributed by atoms with Crippen LogP contribution in [0.1, 0.15) is 34.5 Å². The predicted molar refractivity (Wildman–Crippen MR) is 57.0 cm³/mol. The number of ketones is 1. The van der Waals surface area contributed by atoms with Gasteiger partial charge in [0, 0.05) is 22.4 Å². The Labute approximate surface area is 87.9 Å². The van der Waals surface area contributed by atoms with Crippen molar-refractivity contribution in [2.45, 2.75) is 32.3 Å². The summed E-state index contributed by atoms with van der Waals surface area (Å²) < 4.78 is 5.46. The van der Waals surface area contributed by atoms with E-state index >= 15 is 0 Å². The van der Waals surface area contributed by atoms with Gasteiger partial charge in [-0.1, -0.05) is 0 Å². The van der Waals surface area contributed by atoms with E-state index in [1.165, 1.54) is 4.88 Å². The van der Waals surface area contributed by atoms with E-state index in [1.54, 1.807) is 11.3 Å². The van der Waals surface area contributed by atoms with E-state index in [0.29, 0.717) is 0 Å². The van der Waals surface area contributed by atoms with Gasteiger partial charge in [0.25, 0.3) is 0 Å². The van der Waals surface area contributed by atoms with Gasteiger partial charge in [0.05, 0.1) is 0 Å². The summed E-state index contributed by atoms with van der Waals surface area (Å²) in [6.07, 6.45) is 2.90. The van der Waals surface area contributed by atoms with E-state index in [1.807, 2.05) is 18.4 Å². The van der Waals surface area contributed by atoms with Crippen LogP contribution >= 0.6 is 11.3 Å². The van der Waals surface area contributed by atoms with Crippen molar-refractivity contribution in [3.8, 4) is 0 Å². The molecule has 1 fully saturated rings. The first kappa shape index (κ1) is 9.87. The number of carbonyl (C=O) groups is 1. The molecule has 1 aliphatic rings. The van der Waals surface area contributed by atoms with E-state index in [9.17, 15) is 4.79 Å². The first-order valence-corrected chi connectivity index (χ1v) is 5.86. The van der Waals surface area contributed by atoms with Gasteiger partial charge in [-0.05, 0) is 32.3 Å². The Kier molecular flexibility index (Phi) is 2.99. The number of carbonyl (C=O) groups excluding carboxylic acids is 1. The second-order valence-corrected chi connectivity index (χ2v) is 4.78. The van der Waals surface area contributed by atoms with Crippen LogP contribution in [0.3, 0.4) is 0 Å². The molecule has 0 amide bonds. The summed E-state index contributed by atoms with van der Waals surface area (Å²) in [5.74, 6) is 0.161. The second-order valence-electron chi connectivity index (χ2n) is 3.67. The Morgan fingerprint density at radius 3 is 3.00 bits per heavy atom. The quantitative estimate of drug-likeness (QED) is 0.702. The molecule has 76 valence electrons. The van der Waals surface area contributed by atoms with Gasteiger partial charge in [-0.15, -0.1) is 11.3 Å². The van der Waals surface area contributed by atoms with Crippen molar-refractivity contribution in [3.05, 3.63) is 21.9 Å². The molecule has 2 heterocycles. The topological polar surface area (TPSA) is 26.3 Å². The fourth-order valence-electron chi connectivity index (χ4n) is 1.71. The maximum atomic E-state index is 11.9. The van der Waals surface area contributed by atoms with E-state index in [4.69, 9.17) is 4.74 Å². The minimum absolute atomic E-state index is 0.161. The molecule has 14 heavy (non-hydrogen) atoms. The van der Waals surface area contributed by atoms with Crippen LogP contribution < -0.4 is 0 Å². The summed E-state index contributed by atoms with van der Waals surface area (Å²) in [6, 6.07) is 1.95. The minimum atomic E-state index is -0.183. The van der Waals surface area contributed by atoms with Crippen LogP contribution in [0.25, 0.3) is 0 Å². The van der Waals surface area contributed by atoms with Crippen LogP contribution in [0, 0.1) is 6.92 Å². The molecule has 0 radical (unpaired) electrons. The van der Waals surface area contributed by atoms with E-state index in [-0.39, 0.29) is 11.9 Å². The Morgan fingerprint density at radius 1 is 1.57 bits per heavy atom.